The van der Waals surface area contributed by atoms with Gasteiger partial charge in [0.15, 0.2) is 0 Å². The molecular weight excluding hydrogens is 404 g/mol. The topological polar surface area (TPSA) is 81.4 Å². The van der Waals surface area contributed by atoms with Gasteiger partial charge in [0.1, 0.15) is 17.8 Å². The van der Waals surface area contributed by atoms with Crippen LogP contribution in [0, 0.1) is 0 Å². The lowest BCUT2D eigenvalue weighted by Crippen LogP contribution is -2.23. The van der Waals surface area contributed by atoms with Gasteiger partial charge in [-0.25, -0.2) is 14.9 Å². The van der Waals surface area contributed by atoms with E-state index in [4.69, 9.17) is 20.9 Å². The maximum atomic E-state index is 12.7. The molecule has 150 valence electrons. The zero-order valence-corrected chi connectivity index (χ0v) is 17.0. The van der Waals surface area contributed by atoms with E-state index in [9.17, 15) is 4.79 Å². The number of amides is 1. The number of anilines is 2. The van der Waals surface area contributed by atoms with E-state index >= 15 is 0 Å². The van der Waals surface area contributed by atoms with Crippen LogP contribution in [0.5, 0.6) is 5.75 Å². The number of methoxy groups -OCH3 is 1. The van der Waals surface area contributed by atoms with Gasteiger partial charge in [0.2, 0.25) is 11.8 Å². The Labute approximate surface area is 177 Å². The third-order valence-electron chi connectivity index (χ3n) is 4.49. The Morgan fingerprint density at radius 1 is 1.10 bits per heavy atom. The lowest BCUT2D eigenvalue weighted by Gasteiger charge is -2.20. The lowest BCUT2D eigenvalue weighted by atomic mass is 10.0. The quantitative estimate of drug-likeness (QED) is 0.444. The van der Waals surface area contributed by atoms with Crippen molar-refractivity contribution in [2.24, 2.45) is 0 Å². The van der Waals surface area contributed by atoms with Crippen molar-refractivity contribution in [3.05, 3.63) is 72.1 Å². The van der Waals surface area contributed by atoms with Crippen molar-refractivity contribution >= 4 is 29.1 Å². The van der Waals surface area contributed by atoms with Gasteiger partial charge >= 0.3 is 0 Å². The molecule has 4 aromatic rings. The minimum atomic E-state index is -0.291. The molecule has 2 aromatic carbocycles. The average molecular weight is 421 g/mol. The van der Waals surface area contributed by atoms with Gasteiger partial charge < -0.3 is 9.26 Å². The normalized spacial score (nSPS) is 10.6. The highest BCUT2D eigenvalue weighted by Crippen LogP contribution is 2.44. The third-order valence-corrected chi connectivity index (χ3v) is 4.81. The van der Waals surface area contributed by atoms with Gasteiger partial charge in [0.05, 0.1) is 29.1 Å². The van der Waals surface area contributed by atoms with Gasteiger partial charge in [0, 0.05) is 18.7 Å². The summed E-state index contributed by atoms with van der Waals surface area (Å²) < 4.78 is 11.2. The molecule has 0 unspecified atom stereocenters. The van der Waals surface area contributed by atoms with Crippen LogP contribution in [0.1, 0.15) is 6.92 Å². The standard InChI is InChI=1S/C22H17ClN4O3/c1-14(28)27(18-9-5-4-8-16(18)23)22-20(17-11-12-24-13-25-17)21(26-30-22)15-7-3-6-10-19(15)29-2/h3-13H,1-2H3. The number of carbonyl (C=O) groups excluding carboxylic acids is 1. The van der Waals surface area contributed by atoms with Crippen molar-refractivity contribution in [2.75, 3.05) is 12.0 Å². The van der Waals surface area contributed by atoms with Crippen LogP contribution < -0.4 is 9.64 Å². The molecule has 0 bridgehead atoms. The SMILES string of the molecule is COc1ccccc1-c1noc(N(C(C)=O)c2ccccc2Cl)c1-c1ccncn1. The summed E-state index contributed by atoms with van der Waals surface area (Å²) in [4.78, 5) is 22.4. The van der Waals surface area contributed by atoms with Gasteiger partial charge in [-0.05, 0) is 30.3 Å². The molecule has 0 atom stereocenters. The maximum absolute atomic E-state index is 12.7. The molecule has 0 aliphatic carbocycles. The van der Waals surface area contributed by atoms with Crippen molar-refractivity contribution in [1.29, 1.82) is 0 Å². The highest BCUT2D eigenvalue weighted by atomic mass is 35.5. The number of halogens is 1. The second-order valence-electron chi connectivity index (χ2n) is 6.31. The monoisotopic (exact) mass is 420 g/mol. The van der Waals surface area contributed by atoms with Gasteiger partial charge in [-0.15, -0.1) is 0 Å². The van der Waals surface area contributed by atoms with E-state index in [1.54, 1.807) is 43.6 Å². The minimum Gasteiger partial charge on any atom is -0.496 e. The van der Waals surface area contributed by atoms with Crippen LogP contribution in [0.25, 0.3) is 22.5 Å². The number of rotatable bonds is 5. The molecule has 8 heteroatoms. The second kappa shape index (κ2) is 8.34. The molecule has 0 saturated heterocycles. The number of nitrogens with zero attached hydrogens (tertiary/aromatic N) is 4. The fourth-order valence-corrected chi connectivity index (χ4v) is 3.40. The Bertz CT molecular complexity index is 1190. The van der Waals surface area contributed by atoms with Crippen LogP contribution in [0.4, 0.5) is 11.6 Å². The van der Waals surface area contributed by atoms with Gasteiger partial charge in [-0.2, -0.15) is 0 Å². The number of hydrogen-bond acceptors (Lipinski definition) is 6. The van der Waals surface area contributed by atoms with Crippen LogP contribution in [0.2, 0.25) is 5.02 Å². The molecule has 7 nitrogen and oxygen atoms in total. The van der Waals surface area contributed by atoms with Gasteiger partial charge in [0.25, 0.3) is 0 Å². The van der Waals surface area contributed by atoms with Crippen LogP contribution >= 0.6 is 11.6 Å². The summed E-state index contributed by atoms with van der Waals surface area (Å²) in [6.07, 6.45) is 3.03. The summed E-state index contributed by atoms with van der Waals surface area (Å²) in [6, 6.07) is 16.2. The number of hydrogen-bond donors (Lipinski definition) is 0. The Kier molecular flexibility index (Phi) is 5.45. The zero-order chi connectivity index (χ0) is 21.1. The molecule has 0 aliphatic heterocycles. The van der Waals surface area contributed by atoms with E-state index < -0.39 is 0 Å². The fraction of sp³-hybridized carbons (Fsp3) is 0.0909. The predicted octanol–water partition coefficient (Wildman–Crippen LogP) is 5.15. The average Bonchev–Trinajstić information content (AvgIpc) is 3.20. The van der Waals surface area contributed by atoms with E-state index in [0.717, 1.165) is 0 Å². The van der Waals surface area contributed by atoms with E-state index in [0.29, 0.717) is 39.0 Å². The summed E-state index contributed by atoms with van der Waals surface area (Å²) in [5.74, 6) is 0.524. The molecule has 4 rings (SSSR count). The second-order valence-corrected chi connectivity index (χ2v) is 6.72. The molecule has 2 heterocycles. The molecule has 0 aliphatic rings. The van der Waals surface area contributed by atoms with Crippen LogP contribution in [-0.2, 0) is 4.79 Å². The summed E-state index contributed by atoms with van der Waals surface area (Å²) in [5.41, 5.74) is 2.73. The zero-order valence-electron chi connectivity index (χ0n) is 16.2. The molecule has 0 spiro atoms. The fourth-order valence-electron chi connectivity index (χ4n) is 3.18. The van der Waals surface area contributed by atoms with Crippen molar-refractivity contribution in [3.63, 3.8) is 0 Å². The Morgan fingerprint density at radius 3 is 2.57 bits per heavy atom. The number of ether oxygens (including phenoxy) is 1. The summed E-state index contributed by atoms with van der Waals surface area (Å²) in [6.45, 7) is 1.43. The van der Waals surface area contributed by atoms with E-state index in [1.807, 2.05) is 24.3 Å². The largest absolute Gasteiger partial charge is 0.496 e. The first-order valence-electron chi connectivity index (χ1n) is 9.06. The van der Waals surface area contributed by atoms with Crippen molar-refractivity contribution in [1.82, 2.24) is 15.1 Å². The lowest BCUT2D eigenvalue weighted by molar-refractivity contribution is -0.116. The number of para-hydroxylation sites is 2. The molecule has 1 amide bonds. The molecule has 0 N–H and O–H groups in total. The van der Waals surface area contributed by atoms with Gasteiger partial charge in [-0.3, -0.25) is 4.79 Å². The first-order chi connectivity index (χ1) is 14.6. The van der Waals surface area contributed by atoms with Crippen molar-refractivity contribution in [2.45, 2.75) is 6.92 Å². The number of aromatic nitrogens is 3. The van der Waals surface area contributed by atoms with E-state index in [1.165, 1.54) is 18.2 Å². The van der Waals surface area contributed by atoms with E-state index in [-0.39, 0.29) is 11.8 Å². The smallest absolute Gasteiger partial charge is 0.248 e. The van der Waals surface area contributed by atoms with Gasteiger partial charge in [-0.1, -0.05) is 41.0 Å². The molecular formula is C22H17ClN4O3. The number of carbonyl (C=O) groups is 1. The molecule has 0 fully saturated rings. The minimum absolute atomic E-state index is 0.204. The molecule has 0 saturated carbocycles. The first kappa shape index (κ1) is 19.6. The third kappa shape index (κ3) is 3.51. The van der Waals surface area contributed by atoms with Crippen LogP contribution in [0.3, 0.4) is 0 Å². The molecule has 2 aromatic heterocycles. The van der Waals surface area contributed by atoms with Crippen molar-refractivity contribution in [3.8, 4) is 28.3 Å². The Morgan fingerprint density at radius 2 is 1.87 bits per heavy atom. The van der Waals surface area contributed by atoms with Crippen molar-refractivity contribution < 1.29 is 14.1 Å². The number of benzene rings is 2. The summed E-state index contributed by atoms with van der Waals surface area (Å²) >= 11 is 6.38. The molecule has 30 heavy (non-hydrogen) atoms. The highest BCUT2D eigenvalue weighted by molar-refractivity contribution is 6.34. The van der Waals surface area contributed by atoms with E-state index in [2.05, 4.69) is 15.1 Å². The Hall–Kier alpha value is -3.71. The maximum Gasteiger partial charge on any atom is 0.248 e. The summed E-state index contributed by atoms with van der Waals surface area (Å²) in [5, 5.41) is 4.68. The summed E-state index contributed by atoms with van der Waals surface area (Å²) in [7, 11) is 1.58. The predicted molar refractivity (Wildman–Crippen MR) is 114 cm³/mol. The Balaban J connectivity index is 2.00. The van der Waals surface area contributed by atoms with Crippen LogP contribution in [0.15, 0.2) is 71.6 Å². The van der Waals surface area contributed by atoms with Crippen LogP contribution in [-0.4, -0.2) is 28.1 Å². The first-order valence-corrected chi connectivity index (χ1v) is 9.44. The highest BCUT2D eigenvalue weighted by Gasteiger charge is 2.30. The molecule has 0 radical (unpaired) electrons.